The van der Waals surface area contributed by atoms with E-state index >= 15 is 0 Å². The molecule has 0 atom stereocenters. The highest BCUT2D eigenvalue weighted by molar-refractivity contribution is 7.99. The fourth-order valence-corrected chi connectivity index (χ4v) is 13.5. The van der Waals surface area contributed by atoms with Crippen molar-refractivity contribution in [1.29, 1.82) is 0 Å². The Kier molecular flexibility index (Phi) is 25.3. The van der Waals surface area contributed by atoms with E-state index in [2.05, 4.69) is 66.9 Å². The number of sulfonamides is 2. The van der Waals surface area contributed by atoms with Crippen LogP contribution in [0.5, 0.6) is 0 Å². The number of carbonyl (C=O) groups is 5. The van der Waals surface area contributed by atoms with E-state index in [1.165, 1.54) is 48.5 Å². The van der Waals surface area contributed by atoms with Crippen LogP contribution in [0.2, 0.25) is 0 Å². The predicted octanol–water partition coefficient (Wildman–Crippen LogP) is 3.89. The van der Waals surface area contributed by atoms with E-state index in [9.17, 15) is 40.8 Å². The van der Waals surface area contributed by atoms with Gasteiger partial charge in [-0.2, -0.15) is 0 Å². The first-order valence-corrected chi connectivity index (χ1v) is 33.9. The summed E-state index contributed by atoms with van der Waals surface area (Å²) < 4.78 is 74.8. The molecule has 2 aliphatic heterocycles. The fourth-order valence-electron chi connectivity index (χ4n) is 9.96. The number of rotatable bonds is 30. The summed E-state index contributed by atoms with van der Waals surface area (Å²) >= 11 is 1.76. The Bertz CT molecular complexity index is 3720. The summed E-state index contributed by atoms with van der Waals surface area (Å²) in [5, 5.41) is 8.16. The minimum absolute atomic E-state index is 0.0510. The molecule has 0 radical (unpaired) electrons. The molecule has 486 valence electrons. The quantitative estimate of drug-likeness (QED) is 0.0132. The molecule has 91 heavy (non-hydrogen) atoms. The number of pyridine rings is 2. The van der Waals surface area contributed by atoms with Crippen LogP contribution in [-0.2, 0) is 73.2 Å². The van der Waals surface area contributed by atoms with E-state index in [1.807, 2.05) is 54.5 Å². The molecular formula is C62H80N14O12S3+2. The van der Waals surface area contributed by atoms with Gasteiger partial charge in [0, 0.05) is 73.9 Å². The predicted molar refractivity (Wildman–Crippen MR) is 347 cm³/mol. The summed E-state index contributed by atoms with van der Waals surface area (Å²) in [4.78, 5) is 73.5. The zero-order chi connectivity index (χ0) is 64.8. The average molecular weight is 1310 g/mol. The number of morpholine rings is 2. The molecule has 10 N–H and O–H groups in total. The van der Waals surface area contributed by atoms with Crippen molar-refractivity contribution in [3.8, 4) is 0 Å². The van der Waals surface area contributed by atoms with Gasteiger partial charge in [0.1, 0.15) is 12.3 Å². The van der Waals surface area contributed by atoms with Crippen LogP contribution in [0.1, 0.15) is 51.0 Å². The second-order valence-electron chi connectivity index (χ2n) is 21.6. The number of hydrogen-bond donors (Lipinski definition) is 10. The van der Waals surface area contributed by atoms with Gasteiger partial charge in [0.25, 0.3) is 26.0 Å². The summed E-state index contributed by atoms with van der Waals surface area (Å²) in [6.45, 7) is 16.8. The van der Waals surface area contributed by atoms with E-state index in [0.29, 0.717) is 92.8 Å². The SMILES string of the molecule is Cc1ccc(S(=O)(=O)Nc2ccc(NNC(=O)C(=O)NCCCN3CCOCC3)cc2)c(C)c1NOCc1ccc[n+](CCSCC[n+]2cccc(NC(=O)c3c(C)ccc(S(=O)(=O)Nc4ccc(NNC(=O)C(=O)NCCCN5CCOCC5)cc4)c3C)c2)c1. The molecule has 4 heterocycles. The van der Waals surface area contributed by atoms with E-state index in [-0.39, 0.29) is 38.9 Å². The van der Waals surface area contributed by atoms with Crippen LogP contribution in [0.25, 0.3) is 0 Å². The molecule has 0 spiro atoms. The molecule has 0 aliphatic carbocycles. The Morgan fingerprint density at radius 3 is 1.55 bits per heavy atom. The molecule has 29 heteroatoms. The van der Waals surface area contributed by atoms with Crippen molar-refractivity contribution in [3.05, 3.63) is 155 Å². The lowest BCUT2D eigenvalue weighted by atomic mass is 10.0. The van der Waals surface area contributed by atoms with Crippen LogP contribution in [0.4, 0.5) is 34.1 Å². The minimum Gasteiger partial charge on any atom is -0.379 e. The maximum atomic E-state index is 13.8. The molecule has 0 unspecified atom stereocenters. The van der Waals surface area contributed by atoms with Gasteiger partial charge in [-0.3, -0.25) is 75.2 Å². The number of benzene rings is 4. The number of aromatic nitrogens is 2. The fraction of sp³-hybridized carbons (Fsp3) is 0.371. The van der Waals surface area contributed by atoms with Crippen LogP contribution in [0, 0.1) is 27.7 Å². The van der Waals surface area contributed by atoms with Gasteiger partial charge in [0.2, 0.25) is 0 Å². The summed E-state index contributed by atoms with van der Waals surface area (Å²) in [5.41, 5.74) is 18.6. The van der Waals surface area contributed by atoms with Crippen molar-refractivity contribution in [2.75, 3.05) is 121 Å². The van der Waals surface area contributed by atoms with Gasteiger partial charge in [-0.25, -0.2) is 26.0 Å². The largest absolute Gasteiger partial charge is 0.379 e. The summed E-state index contributed by atoms with van der Waals surface area (Å²) in [6.07, 6.45) is 9.09. The standard InChI is InChI=1S/C62H78N14O12S3/c1-44-11-21-54(90(82,83)71-51-17-13-49(14-18-51)66-68-61(80)59(78)63-23-7-27-73-29-35-86-36-30-73)46(3)56(44)58(77)65-53-10-6-26-76(42-53)34-40-89-39-33-75-25-5-9-48(41-75)43-88-70-57-45(2)12-22-55(47(57)4)91(84,85)72-52-19-15-50(16-20-52)67-69-62(81)60(79)64-24-8-28-74-31-37-87-38-32-74/h5-6,9-22,25-26,41-42,70H,7-8,23-24,27-40,43H2,1-4H3,(H7-2,63,64,65,66,67,68,69,71,72,77,78,79,80,81)/p+2. The molecule has 5 amide bonds. The zero-order valence-corrected chi connectivity index (χ0v) is 53.8. The molecular weight excluding hydrogens is 1230 g/mol. The molecule has 2 saturated heterocycles. The van der Waals surface area contributed by atoms with Gasteiger partial charge in [0.05, 0.1) is 64.8 Å². The number of amides is 5. The molecule has 26 nitrogen and oxygen atoms in total. The van der Waals surface area contributed by atoms with Crippen molar-refractivity contribution < 1.29 is 64.3 Å². The van der Waals surface area contributed by atoms with Crippen LogP contribution >= 0.6 is 11.8 Å². The Labute approximate surface area is 534 Å². The van der Waals surface area contributed by atoms with Crippen LogP contribution in [0.3, 0.4) is 0 Å². The number of nitrogens with zero attached hydrogens (tertiary/aromatic N) is 4. The van der Waals surface area contributed by atoms with E-state index in [0.717, 1.165) is 68.4 Å². The third-order valence-corrected chi connectivity index (χ3v) is 18.9. The normalized spacial score (nSPS) is 13.7. The number of hydrogen-bond acceptors (Lipinski definition) is 18. The molecule has 0 bridgehead atoms. The van der Waals surface area contributed by atoms with Gasteiger partial charge in [-0.1, -0.05) is 12.1 Å². The van der Waals surface area contributed by atoms with Crippen molar-refractivity contribution in [2.24, 2.45) is 0 Å². The Morgan fingerprint density at radius 1 is 0.549 bits per heavy atom. The van der Waals surface area contributed by atoms with E-state index < -0.39 is 49.6 Å². The molecule has 2 aromatic heterocycles. The second kappa shape index (κ2) is 33.6. The molecule has 8 rings (SSSR count). The van der Waals surface area contributed by atoms with E-state index in [1.54, 1.807) is 62.9 Å². The number of nitrogens with one attached hydrogen (secondary N) is 10. The van der Waals surface area contributed by atoms with Gasteiger partial charge < -0.3 is 25.4 Å². The molecule has 4 aromatic carbocycles. The second-order valence-corrected chi connectivity index (χ2v) is 26.2. The highest BCUT2D eigenvalue weighted by atomic mass is 32.2. The number of anilines is 6. The number of aryl methyl sites for hydroxylation is 4. The van der Waals surface area contributed by atoms with Gasteiger partial charge >= 0.3 is 23.6 Å². The van der Waals surface area contributed by atoms with Crippen LogP contribution in [0.15, 0.2) is 132 Å². The summed E-state index contributed by atoms with van der Waals surface area (Å²) in [6, 6.07) is 26.0. The molecule has 2 fully saturated rings. The Morgan fingerprint density at radius 2 is 1.02 bits per heavy atom. The van der Waals surface area contributed by atoms with E-state index in [4.69, 9.17) is 14.3 Å². The average Bonchev–Trinajstić information content (AvgIpc) is 0.964. The molecule has 6 aromatic rings. The smallest absolute Gasteiger partial charge is 0.327 e. The molecule has 0 saturated carbocycles. The lowest BCUT2D eigenvalue weighted by molar-refractivity contribution is -0.693. The number of hydrazine groups is 2. The monoisotopic (exact) mass is 1310 g/mol. The topological polar surface area (TPSA) is 316 Å². The minimum atomic E-state index is -4.17. The third kappa shape index (κ3) is 20.8. The maximum Gasteiger partial charge on any atom is 0.327 e. The zero-order valence-electron chi connectivity index (χ0n) is 51.4. The van der Waals surface area contributed by atoms with Gasteiger partial charge in [-0.15, -0.1) is 11.8 Å². The first-order chi connectivity index (χ1) is 43.8. The Hall–Kier alpha value is -8.42. The van der Waals surface area contributed by atoms with Gasteiger partial charge in [0.15, 0.2) is 37.9 Å². The van der Waals surface area contributed by atoms with Crippen LogP contribution in [-0.4, -0.2) is 146 Å². The number of ether oxygens (including phenoxy) is 2. The Balaban J connectivity index is 0.735. The third-order valence-electron chi connectivity index (χ3n) is 14.9. The number of carbonyl (C=O) groups excluding carboxylic acids is 5. The maximum absolute atomic E-state index is 13.8. The summed E-state index contributed by atoms with van der Waals surface area (Å²) in [7, 11) is -8.22. The first kappa shape index (κ1) is 68.5. The molecule has 2 aliphatic rings. The van der Waals surface area contributed by atoms with Crippen LogP contribution < -0.4 is 61.7 Å². The number of thioether (sulfide) groups is 1. The van der Waals surface area contributed by atoms with Crippen molar-refractivity contribution in [1.82, 2.24) is 31.3 Å². The van der Waals surface area contributed by atoms with Crippen molar-refractivity contribution in [2.45, 2.75) is 70.0 Å². The summed E-state index contributed by atoms with van der Waals surface area (Å²) in [5.74, 6) is -2.17. The highest BCUT2D eigenvalue weighted by Gasteiger charge is 2.25. The lowest BCUT2D eigenvalue weighted by Crippen LogP contribution is -2.43. The van der Waals surface area contributed by atoms with Crippen molar-refractivity contribution >= 4 is 95.5 Å². The lowest BCUT2D eigenvalue weighted by Gasteiger charge is -2.26. The van der Waals surface area contributed by atoms with Crippen molar-refractivity contribution in [3.63, 3.8) is 0 Å². The highest BCUT2D eigenvalue weighted by Crippen LogP contribution is 2.30. The van der Waals surface area contributed by atoms with Gasteiger partial charge in [-0.05, 0) is 149 Å². The first-order valence-electron chi connectivity index (χ1n) is 29.8.